The standard InChI is InChI=1S/C15H22O2/c1-3-12-7-4-5-10-15(12,16)13-8-6-9-14(11-13)17-2/h6,8-9,11-12,16H,3-5,7,10H2,1-2H3. The van der Waals surface area contributed by atoms with Crippen LogP contribution in [-0.2, 0) is 5.60 Å². The van der Waals surface area contributed by atoms with Crippen LogP contribution in [0.3, 0.4) is 0 Å². The van der Waals surface area contributed by atoms with Crippen molar-refractivity contribution in [2.24, 2.45) is 5.92 Å². The quantitative estimate of drug-likeness (QED) is 0.867. The van der Waals surface area contributed by atoms with Gasteiger partial charge in [0.05, 0.1) is 12.7 Å². The Bertz CT molecular complexity index is 375. The summed E-state index contributed by atoms with van der Waals surface area (Å²) in [7, 11) is 1.67. The van der Waals surface area contributed by atoms with Gasteiger partial charge in [0.1, 0.15) is 5.75 Å². The SMILES string of the molecule is CCC1CCCCC1(O)c1cccc(OC)c1. The van der Waals surface area contributed by atoms with Crippen molar-refractivity contribution < 1.29 is 9.84 Å². The molecule has 94 valence electrons. The highest BCUT2D eigenvalue weighted by atomic mass is 16.5. The minimum absolute atomic E-state index is 0.378. The van der Waals surface area contributed by atoms with Gasteiger partial charge in [-0.2, -0.15) is 0 Å². The number of hydrogen-bond acceptors (Lipinski definition) is 2. The molecule has 1 aliphatic carbocycles. The summed E-state index contributed by atoms with van der Waals surface area (Å²) < 4.78 is 5.25. The van der Waals surface area contributed by atoms with Crippen LogP contribution in [0.4, 0.5) is 0 Å². The van der Waals surface area contributed by atoms with E-state index in [1.165, 1.54) is 6.42 Å². The van der Waals surface area contributed by atoms with E-state index in [2.05, 4.69) is 6.92 Å². The van der Waals surface area contributed by atoms with Crippen LogP contribution in [0.25, 0.3) is 0 Å². The molecule has 1 aromatic carbocycles. The Morgan fingerprint density at radius 1 is 1.41 bits per heavy atom. The Labute approximate surface area is 104 Å². The van der Waals surface area contributed by atoms with E-state index >= 15 is 0 Å². The molecule has 1 fully saturated rings. The van der Waals surface area contributed by atoms with Gasteiger partial charge in [0.25, 0.3) is 0 Å². The summed E-state index contributed by atoms with van der Waals surface area (Å²) in [4.78, 5) is 0. The smallest absolute Gasteiger partial charge is 0.119 e. The van der Waals surface area contributed by atoms with Gasteiger partial charge in [-0.05, 0) is 36.5 Å². The molecule has 17 heavy (non-hydrogen) atoms. The Morgan fingerprint density at radius 3 is 2.94 bits per heavy atom. The lowest BCUT2D eigenvalue weighted by Crippen LogP contribution is -2.37. The van der Waals surface area contributed by atoms with Crippen molar-refractivity contribution in [2.75, 3.05) is 7.11 Å². The summed E-state index contributed by atoms with van der Waals surface area (Å²) in [6, 6.07) is 7.90. The molecule has 1 aromatic rings. The maximum absolute atomic E-state index is 11.0. The second-order valence-electron chi connectivity index (χ2n) is 5.01. The van der Waals surface area contributed by atoms with Crippen molar-refractivity contribution in [3.05, 3.63) is 29.8 Å². The molecule has 0 amide bonds. The van der Waals surface area contributed by atoms with E-state index in [0.29, 0.717) is 5.92 Å². The van der Waals surface area contributed by atoms with Gasteiger partial charge in [0.2, 0.25) is 0 Å². The summed E-state index contributed by atoms with van der Waals surface area (Å²) in [5.74, 6) is 1.21. The zero-order valence-corrected chi connectivity index (χ0v) is 10.8. The predicted molar refractivity (Wildman–Crippen MR) is 69.1 cm³/mol. The lowest BCUT2D eigenvalue weighted by atomic mass is 9.70. The van der Waals surface area contributed by atoms with Crippen molar-refractivity contribution in [3.8, 4) is 5.75 Å². The van der Waals surface area contributed by atoms with Crippen LogP contribution in [0.15, 0.2) is 24.3 Å². The summed E-state index contributed by atoms with van der Waals surface area (Å²) in [6.45, 7) is 2.17. The monoisotopic (exact) mass is 234 g/mol. The molecule has 2 unspecified atom stereocenters. The van der Waals surface area contributed by atoms with E-state index in [1.54, 1.807) is 7.11 Å². The Balaban J connectivity index is 2.33. The first kappa shape index (κ1) is 12.4. The highest BCUT2D eigenvalue weighted by Gasteiger charge is 2.39. The normalized spacial score (nSPS) is 29.0. The summed E-state index contributed by atoms with van der Waals surface area (Å²) in [5, 5.41) is 11.0. The fourth-order valence-corrected chi connectivity index (χ4v) is 3.04. The van der Waals surface area contributed by atoms with Crippen molar-refractivity contribution in [2.45, 2.75) is 44.6 Å². The zero-order valence-electron chi connectivity index (χ0n) is 10.8. The fourth-order valence-electron chi connectivity index (χ4n) is 3.04. The van der Waals surface area contributed by atoms with Gasteiger partial charge in [-0.1, -0.05) is 38.3 Å². The molecule has 1 aliphatic rings. The Hall–Kier alpha value is -1.02. The van der Waals surface area contributed by atoms with Gasteiger partial charge in [-0.25, -0.2) is 0 Å². The second-order valence-corrected chi connectivity index (χ2v) is 5.01. The van der Waals surface area contributed by atoms with Crippen LogP contribution >= 0.6 is 0 Å². The molecule has 0 spiro atoms. The molecule has 0 aliphatic heterocycles. The maximum Gasteiger partial charge on any atom is 0.119 e. The minimum atomic E-state index is -0.651. The average Bonchev–Trinajstić information content (AvgIpc) is 2.39. The van der Waals surface area contributed by atoms with Crippen LogP contribution in [0.2, 0.25) is 0 Å². The van der Waals surface area contributed by atoms with E-state index in [9.17, 15) is 5.11 Å². The third-order valence-corrected chi connectivity index (χ3v) is 4.10. The van der Waals surface area contributed by atoms with E-state index < -0.39 is 5.60 Å². The molecule has 0 saturated heterocycles. The van der Waals surface area contributed by atoms with E-state index in [-0.39, 0.29) is 0 Å². The molecule has 0 radical (unpaired) electrons. The van der Waals surface area contributed by atoms with Crippen molar-refractivity contribution in [3.63, 3.8) is 0 Å². The Morgan fingerprint density at radius 2 is 2.24 bits per heavy atom. The summed E-state index contributed by atoms with van der Waals surface area (Å²) in [5.41, 5.74) is 0.366. The van der Waals surface area contributed by atoms with Gasteiger partial charge in [0, 0.05) is 0 Å². The molecule has 0 heterocycles. The molecule has 2 heteroatoms. The molecule has 1 N–H and O–H groups in total. The first-order valence-electron chi connectivity index (χ1n) is 6.57. The molecule has 2 atom stereocenters. The van der Waals surface area contributed by atoms with Crippen LogP contribution in [0.5, 0.6) is 5.75 Å². The number of rotatable bonds is 3. The average molecular weight is 234 g/mol. The van der Waals surface area contributed by atoms with Crippen LogP contribution in [0.1, 0.15) is 44.6 Å². The minimum Gasteiger partial charge on any atom is -0.497 e. The van der Waals surface area contributed by atoms with Gasteiger partial charge in [-0.15, -0.1) is 0 Å². The van der Waals surface area contributed by atoms with Gasteiger partial charge in [-0.3, -0.25) is 0 Å². The van der Waals surface area contributed by atoms with E-state index in [4.69, 9.17) is 4.74 Å². The predicted octanol–water partition coefficient (Wildman–Crippen LogP) is 3.48. The highest BCUT2D eigenvalue weighted by molar-refractivity contribution is 5.33. The summed E-state index contributed by atoms with van der Waals surface area (Å²) in [6.07, 6.45) is 5.39. The molecule has 2 rings (SSSR count). The van der Waals surface area contributed by atoms with Crippen LogP contribution < -0.4 is 4.74 Å². The lowest BCUT2D eigenvalue weighted by molar-refractivity contribution is -0.0558. The number of hydrogen-bond donors (Lipinski definition) is 1. The highest BCUT2D eigenvalue weighted by Crippen LogP contribution is 2.43. The summed E-state index contributed by atoms with van der Waals surface area (Å²) >= 11 is 0. The van der Waals surface area contributed by atoms with Gasteiger partial charge < -0.3 is 9.84 Å². The first-order chi connectivity index (χ1) is 8.20. The third-order valence-electron chi connectivity index (χ3n) is 4.10. The number of methoxy groups -OCH3 is 1. The van der Waals surface area contributed by atoms with Crippen molar-refractivity contribution in [1.29, 1.82) is 0 Å². The Kier molecular flexibility index (Phi) is 3.72. The molecular formula is C15H22O2. The van der Waals surface area contributed by atoms with Gasteiger partial charge >= 0.3 is 0 Å². The molecular weight excluding hydrogens is 212 g/mol. The van der Waals surface area contributed by atoms with Crippen molar-refractivity contribution in [1.82, 2.24) is 0 Å². The van der Waals surface area contributed by atoms with Crippen LogP contribution in [-0.4, -0.2) is 12.2 Å². The number of aliphatic hydroxyl groups is 1. The van der Waals surface area contributed by atoms with Crippen LogP contribution in [0, 0.1) is 5.92 Å². The van der Waals surface area contributed by atoms with E-state index in [1.807, 2.05) is 24.3 Å². The topological polar surface area (TPSA) is 29.5 Å². The lowest BCUT2D eigenvalue weighted by Gasteiger charge is -2.40. The fraction of sp³-hybridized carbons (Fsp3) is 0.600. The van der Waals surface area contributed by atoms with E-state index in [0.717, 1.165) is 37.0 Å². The number of benzene rings is 1. The maximum atomic E-state index is 11.0. The number of ether oxygens (including phenoxy) is 1. The molecule has 2 nitrogen and oxygen atoms in total. The second kappa shape index (κ2) is 5.09. The van der Waals surface area contributed by atoms with Crippen molar-refractivity contribution >= 4 is 0 Å². The molecule has 0 aromatic heterocycles. The van der Waals surface area contributed by atoms with Gasteiger partial charge in [0.15, 0.2) is 0 Å². The molecule has 1 saturated carbocycles. The first-order valence-corrected chi connectivity index (χ1v) is 6.57. The third kappa shape index (κ3) is 2.32. The largest absolute Gasteiger partial charge is 0.497 e. The zero-order chi connectivity index (χ0) is 12.3. The molecule has 0 bridgehead atoms.